The van der Waals surface area contributed by atoms with Crippen LogP contribution in [0, 0.1) is 10.1 Å². The maximum Gasteiger partial charge on any atom is 0.235 e. The van der Waals surface area contributed by atoms with Gasteiger partial charge < -0.3 is 0 Å². The minimum atomic E-state index is -0.511. The fraction of sp³-hybridized carbons (Fsp3) is 0. The maximum atomic E-state index is 10.2. The molecular weight excluding hydrogens is 228 g/mol. The molecule has 2 rings (SSSR count). The van der Waals surface area contributed by atoms with E-state index >= 15 is 0 Å². The van der Waals surface area contributed by atoms with Gasteiger partial charge >= 0.3 is 0 Å². The van der Waals surface area contributed by atoms with Gasteiger partial charge in [-0.1, -0.05) is 17.7 Å². The van der Waals surface area contributed by atoms with E-state index in [1.807, 2.05) is 6.07 Å². The second-order valence-electron chi connectivity index (χ2n) is 3.14. The molecule has 0 atom stereocenters. The van der Waals surface area contributed by atoms with Gasteiger partial charge in [0.05, 0.1) is 15.5 Å². The number of pyridine rings is 1. The van der Waals surface area contributed by atoms with E-state index in [-0.39, 0.29) is 0 Å². The van der Waals surface area contributed by atoms with Crippen molar-refractivity contribution in [2.45, 2.75) is 0 Å². The van der Waals surface area contributed by atoms with Gasteiger partial charge in [0.25, 0.3) is 0 Å². The summed E-state index contributed by atoms with van der Waals surface area (Å²) in [6.45, 7) is 0. The van der Waals surface area contributed by atoms with Crippen LogP contribution in [0.15, 0.2) is 36.7 Å². The van der Waals surface area contributed by atoms with Crippen LogP contribution in [0.3, 0.4) is 0 Å². The average molecular weight is 235 g/mol. The monoisotopic (exact) mass is 234 g/mol. The molecule has 16 heavy (non-hydrogen) atoms. The van der Waals surface area contributed by atoms with Gasteiger partial charge in [-0.2, -0.15) is 0 Å². The molecule has 0 spiro atoms. The number of hydrogen-bond acceptors (Lipinski definition) is 3. The van der Waals surface area contributed by atoms with Crippen molar-refractivity contribution in [3.63, 3.8) is 0 Å². The van der Waals surface area contributed by atoms with E-state index in [1.54, 1.807) is 24.4 Å². The SMILES string of the molecule is O=[N+]([O-])/C=C/c1ccc(Cl)c2cccnc12. The molecule has 0 unspecified atom stereocenters. The van der Waals surface area contributed by atoms with Crippen LogP contribution in [0.2, 0.25) is 5.02 Å². The summed E-state index contributed by atoms with van der Waals surface area (Å²) in [6, 6.07) is 7.01. The van der Waals surface area contributed by atoms with Crippen molar-refractivity contribution in [3.8, 4) is 0 Å². The van der Waals surface area contributed by atoms with E-state index < -0.39 is 4.92 Å². The first-order valence-corrected chi connectivity index (χ1v) is 4.91. The first-order valence-electron chi connectivity index (χ1n) is 4.53. The standard InChI is InChI=1S/C11H7ClN2O2/c12-10-4-3-8(5-7-14(15)16)11-9(10)2-1-6-13-11/h1-7H/b7-5+. The Morgan fingerprint density at radius 1 is 1.38 bits per heavy atom. The highest BCUT2D eigenvalue weighted by atomic mass is 35.5. The second-order valence-corrected chi connectivity index (χ2v) is 3.54. The zero-order valence-electron chi connectivity index (χ0n) is 8.13. The third-order valence-corrected chi connectivity index (χ3v) is 2.45. The summed E-state index contributed by atoms with van der Waals surface area (Å²) in [5, 5.41) is 11.6. The lowest BCUT2D eigenvalue weighted by atomic mass is 10.1. The molecule has 1 aromatic carbocycles. The van der Waals surface area contributed by atoms with Gasteiger partial charge in [0.2, 0.25) is 6.20 Å². The van der Waals surface area contributed by atoms with Gasteiger partial charge in [0, 0.05) is 23.2 Å². The second kappa shape index (κ2) is 4.28. The number of nitro groups is 1. The third-order valence-electron chi connectivity index (χ3n) is 2.12. The van der Waals surface area contributed by atoms with Crippen molar-refractivity contribution in [3.05, 3.63) is 57.4 Å². The van der Waals surface area contributed by atoms with Gasteiger partial charge in [0.1, 0.15) is 0 Å². The predicted octanol–water partition coefficient (Wildman–Crippen LogP) is 3.14. The Morgan fingerprint density at radius 2 is 2.19 bits per heavy atom. The molecule has 4 nitrogen and oxygen atoms in total. The molecule has 80 valence electrons. The molecule has 0 radical (unpaired) electrons. The average Bonchev–Trinajstić information content (AvgIpc) is 2.28. The van der Waals surface area contributed by atoms with E-state index in [9.17, 15) is 10.1 Å². The largest absolute Gasteiger partial charge is 0.259 e. The molecular formula is C11H7ClN2O2. The maximum absolute atomic E-state index is 10.2. The number of halogens is 1. The molecule has 0 aliphatic heterocycles. The molecule has 0 saturated carbocycles. The van der Waals surface area contributed by atoms with Crippen LogP contribution in [-0.4, -0.2) is 9.91 Å². The lowest BCUT2D eigenvalue weighted by Crippen LogP contribution is -1.86. The summed E-state index contributed by atoms with van der Waals surface area (Å²) in [6.07, 6.45) is 3.92. The summed E-state index contributed by atoms with van der Waals surface area (Å²) < 4.78 is 0. The molecule has 0 bridgehead atoms. The summed E-state index contributed by atoms with van der Waals surface area (Å²) in [5.41, 5.74) is 1.34. The number of hydrogen-bond donors (Lipinski definition) is 0. The van der Waals surface area contributed by atoms with Crippen molar-refractivity contribution < 1.29 is 4.92 Å². The van der Waals surface area contributed by atoms with Gasteiger partial charge in [-0.25, -0.2) is 0 Å². The van der Waals surface area contributed by atoms with Gasteiger partial charge in [0.15, 0.2) is 0 Å². The number of fused-ring (bicyclic) bond motifs is 1. The van der Waals surface area contributed by atoms with Crippen LogP contribution >= 0.6 is 11.6 Å². The number of aromatic nitrogens is 1. The number of nitrogens with zero attached hydrogens (tertiary/aromatic N) is 2. The van der Waals surface area contributed by atoms with E-state index in [4.69, 9.17) is 11.6 Å². The Morgan fingerprint density at radius 3 is 2.94 bits per heavy atom. The molecule has 2 aromatic rings. The molecule has 5 heteroatoms. The molecule has 0 aliphatic rings. The smallest absolute Gasteiger partial charge is 0.235 e. The Hall–Kier alpha value is -1.94. The van der Waals surface area contributed by atoms with Crippen LogP contribution in [0.5, 0.6) is 0 Å². The highest BCUT2D eigenvalue weighted by molar-refractivity contribution is 6.35. The van der Waals surface area contributed by atoms with Crippen LogP contribution < -0.4 is 0 Å². The Kier molecular flexibility index (Phi) is 2.83. The predicted molar refractivity (Wildman–Crippen MR) is 62.8 cm³/mol. The first-order chi connectivity index (χ1) is 7.68. The zero-order valence-corrected chi connectivity index (χ0v) is 8.89. The molecule has 1 aromatic heterocycles. The quantitative estimate of drug-likeness (QED) is 0.593. The number of benzene rings is 1. The van der Waals surface area contributed by atoms with Crippen LogP contribution in [0.1, 0.15) is 5.56 Å². The van der Waals surface area contributed by atoms with Crippen LogP contribution in [0.4, 0.5) is 0 Å². The Bertz CT molecular complexity index is 581. The lowest BCUT2D eigenvalue weighted by molar-refractivity contribution is -0.400. The van der Waals surface area contributed by atoms with Crippen molar-refractivity contribution in [2.75, 3.05) is 0 Å². The van der Waals surface area contributed by atoms with Crippen molar-refractivity contribution >= 4 is 28.6 Å². The van der Waals surface area contributed by atoms with Crippen molar-refractivity contribution in [1.82, 2.24) is 4.98 Å². The highest BCUT2D eigenvalue weighted by Crippen LogP contribution is 2.25. The molecule has 0 saturated heterocycles. The minimum Gasteiger partial charge on any atom is -0.259 e. The highest BCUT2D eigenvalue weighted by Gasteiger charge is 2.03. The van der Waals surface area contributed by atoms with E-state index in [1.165, 1.54) is 6.08 Å². The van der Waals surface area contributed by atoms with Gasteiger partial charge in [-0.05, 0) is 18.2 Å². The van der Waals surface area contributed by atoms with Crippen LogP contribution in [-0.2, 0) is 0 Å². The molecule has 0 aliphatic carbocycles. The molecule has 1 heterocycles. The molecule has 0 N–H and O–H groups in total. The van der Waals surface area contributed by atoms with Crippen molar-refractivity contribution in [2.24, 2.45) is 0 Å². The summed E-state index contributed by atoms with van der Waals surface area (Å²) >= 11 is 5.99. The van der Waals surface area contributed by atoms with Gasteiger partial charge in [-0.15, -0.1) is 0 Å². The Labute approximate surface area is 96.3 Å². The topological polar surface area (TPSA) is 56.0 Å². The third kappa shape index (κ3) is 2.01. The van der Waals surface area contributed by atoms with E-state index in [2.05, 4.69) is 4.98 Å². The Balaban J connectivity index is 2.63. The summed E-state index contributed by atoms with van der Waals surface area (Å²) in [5.74, 6) is 0. The number of rotatable bonds is 2. The summed E-state index contributed by atoms with van der Waals surface area (Å²) in [7, 11) is 0. The first kappa shape index (κ1) is 10.6. The lowest BCUT2D eigenvalue weighted by Gasteiger charge is -2.01. The van der Waals surface area contributed by atoms with Crippen molar-refractivity contribution in [1.29, 1.82) is 0 Å². The molecule has 0 amide bonds. The summed E-state index contributed by atoms with van der Waals surface area (Å²) in [4.78, 5) is 13.9. The van der Waals surface area contributed by atoms with Gasteiger partial charge in [-0.3, -0.25) is 15.1 Å². The zero-order chi connectivity index (χ0) is 11.5. The minimum absolute atomic E-state index is 0.511. The fourth-order valence-corrected chi connectivity index (χ4v) is 1.65. The van der Waals surface area contributed by atoms with E-state index in [0.29, 0.717) is 16.1 Å². The van der Waals surface area contributed by atoms with Crippen LogP contribution in [0.25, 0.3) is 17.0 Å². The normalized spacial score (nSPS) is 11.1. The van der Waals surface area contributed by atoms with E-state index in [0.717, 1.165) is 11.6 Å². The molecule has 0 fully saturated rings. The fourth-order valence-electron chi connectivity index (χ4n) is 1.44.